The fourth-order valence-electron chi connectivity index (χ4n) is 1.59. The number of anilines is 1. The molecule has 0 aromatic heterocycles. The van der Waals surface area contributed by atoms with Crippen LogP contribution in [0.1, 0.15) is 29.8 Å². The van der Waals surface area contributed by atoms with Crippen LogP contribution >= 0.6 is 0 Å². The second-order valence-corrected chi connectivity index (χ2v) is 4.61. The maximum atomic E-state index is 11.9. The highest BCUT2D eigenvalue weighted by atomic mass is 16.5. The molecule has 0 fully saturated rings. The minimum atomic E-state index is -0.422. The van der Waals surface area contributed by atoms with Crippen molar-refractivity contribution in [1.29, 1.82) is 0 Å². The molecule has 5 heteroatoms. The van der Waals surface area contributed by atoms with E-state index in [0.29, 0.717) is 16.8 Å². The third-order valence-corrected chi connectivity index (χ3v) is 3.20. The van der Waals surface area contributed by atoms with Gasteiger partial charge in [-0.3, -0.25) is 4.79 Å². The number of methoxy groups -OCH3 is 1. The van der Waals surface area contributed by atoms with Crippen molar-refractivity contribution in [3.8, 4) is 0 Å². The molecule has 3 N–H and O–H groups in total. The number of hydrogen-bond donors (Lipinski definition) is 2. The largest absolute Gasteiger partial charge is 0.465 e. The quantitative estimate of drug-likeness (QED) is 0.811. The Kier molecular flexibility index (Phi) is 5.06. The summed E-state index contributed by atoms with van der Waals surface area (Å²) < 4.78 is 4.69. The average Bonchev–Trinajstić information content (AvgIpc) is 2.39. The van der Waals surface area contributed by atoms with E-state index in [0.717, 1.165) is 0 Å². The van der Waals surface area contributed by atoms with E-state index in [1.54, 1.807) is 39.0 Å². The summed E-state index contributed by atoms with van der Waals surface area (Å²) in [6, 6.07) is 4.87. The Morgan fingerprint density at radius 3 is 2.47 bits per heavy atom. The fourth-order valence-corrected chi connectivity index (χ4v) is 1.59. The molecule has 1 aromatic rings. The van der Waals surface area contributed by atoms with Crippen LogP contribution < -0.4 is 11.1 Å². The van der Waals surface area contributed by atoms with Gasteiger partial charge >= 0.3 is 5.97 Å². The van der Waals surface area contributed by atoms with Crippen molar-refractivity contribution < 1.29 is 14.3 Å². The minimum Gasteiger partial charge on any atom is -0.465 e. The van der Waals surface area contributed by atoms with E-state index in [2.05, 4.69) is 5.32 Å². The number of amides is 1. The molecule has 104 valence electrons. The molecule has 0 aliphatic carbocycles. The van der Waals surface area contributed by atoms with E-state index in [9.17, 15) is 9.59 Å². The van der Waals surface area contributed by atoms with Gasteiger partial charge in [-0.05, 0) is 31.5 Å². The zero-order valence-electron chi connectivity index (χ0n) is 11.7. The van der Waals surface area contributed by atoms with Crippen molar-refractivity contribution in [3.63, 3.8) is 0 Å². The molecule has 0 heterocycles. The molecule has 0 saturated heterocycles. The van der Waals surface area contributed by atoms with Gasteiger partial charge in [0.1, 0.15) is 0 Å². The van der Waals surface area contributed by atoms with Crippen LogP contribution in [0.5, 0.6) is 0 Å². The minimum absolute atomic E-state index is 0.167. The van der Waals surface area contributed by atoms with Crippen LogP contribution in [0.2, 0.25) is 0 Å². The van der Waals surface area contributed by atoms with Gasteiger partial charge in [0.05, 0.1) is 18.6 Å². The topological polar surface area (TPSA) is 81.4 Å². The van der Waals surface area contributed by atoms with Crippen molar-refractivity contribution in [3.05, 3.63) is 29.3 Å². The molecule has 0 saturated carbocycles. The second-order valence-electron chi connectivity index (χ2n) is 4.61. The number of esters is 1. The van der Waals surface area contributed by atoms with Gasteiger partial charge in [0, 0.05) is 11.7 Å². The lowest BCUT2D eigenvalue weighted by molar-refractivity contribution is -0.119. The van der Waals surface area contributed by atoms with Crippen LogP contribution in [0.25, 0.3) is 0 Å². The van der Waals surface area contributed by atoms with Crippen molar-refractivity contribution in [1.82, 2.24) is 0 Å². The highest BCUT2D eigenvalue weighted by Crippen LogP contribution is 2.20. The fraction of sp³-hybridized carbons (Fsp3) is 0.429. The van der Waals surface area contributed by atoms with Gasteiger partial charge < -0.3 is 15.8 Å². The van der Waals surface area contributed by atoms with Gasteiger partial charge in [-0.25, -0.2) is 4.79 Å². The molecular formula is C14H20N2O3. The molecule has 1 rings (SSSR count). The maximum Gasteiger partial charge on any atom is 0.338 e. The Bertz CT molecular complexity index is 484. The molecule has 2 atom stereocenters. The van der Waals surface area contributed by atoms with Crippen molar-refractivity contribution in [2.24, 2.45) is 11.7 Å². The summed E-state index contributed by atoms with van der Waals surface area (Å²) in [5, 5.41) is 2.78. The predicted molar refractivity (Wildman–Crippen MR) is 74.0 cm³/mol. The number of nitrogens with one attached hydrogen (secondary N) is 1. The summed E-state index contributed by atoms with van der Waals surface area (Å²) in [6.07, 6.45) is 0. The third-order valence-electron chi connectivity index (χ3n) is 3.20. The van der Waals surface area contributed by atoms with E-state index < -0.39 is 5.97 Å². The van der Waals surface area contributed by atoms with E-state index >= 15 is 0 Å². The highest BCUT2D eigenvalue weighted by Gasteiger charge is 2.19. The number of ether oxygens (including phenoxy) is 1. The molecule has 0 bridgehead atoms. The summed E-state index contributed by atoms with van der Waals surface area (Å²) in [4.78, 5) is 23.5. The first-order valence-corrected chi connectivity index (χ1v) is 6.12. The summed E-state index contributed by atoms with van der Waals surface area (Å²) in [5.74, 6) is -0.893. The third kappa shape index (κ3) is 3.54. The van der Waals surface area contributed by atoms with Gasteiger partial charge in [-0.15, -0.1) is 0 Å². The van der Waals surface area contributed by atoms with E-state index in [1.165, 1.54) is 7.11 Å². The Hall–Kier alpha value is -1.88. The Morgan fingerprint density at radius 2 is 1.95 bits per heavy atom. The van der Waals surface area contributed by atoms with Crippen molar-refractivity contribution in [2.45, 2.75) is 26.8 Å². The number of nitrogens with two attached hydrogens (primary N) is 1. The molecule has 0 aliphatic heterocycles. The Labute approximate surface area is 113 Å². The lowest BCUT2D eigenvalue weighted by Gasteiger charge is -2.17. The lowest BCUT2D eigenvalue weighted by Crippen LogP contribution is -2.34. The standard InChI is InChI=1S/C14H20N2O3/c1-8(10(3)15)13(17)16-12-7-5-6-11(9(12)2)14(18)19-4/h5-8,10H,15H2,1-4H3,(H,16,17). The first-order chi connectivity index (χ1) is 8.88. The smallest absolute Gasteiger partial charge is 0.338 e. The first kappa shape index (κ1) is 15.2. The van der Waals surface area contributed by atoms with Crippen LogP contribution in [0.4, 0.5) is 5.69 Å². The maximum absolute atomic E-state index is 11.9. The summed E-state index contributed by atoms with van der Waals surface area (Å²) in [6.45, 7) is 5.31. The van der Waals surface area contributed by atoms with E-state index in [4.69, 9.17) is 10.5 Å². The number of carbonyl (C=O) groups is 2. The number of hydrogen-bond acceptors (Lipinski definition) is 4. The summed E-state index contributed by atoms with van der Waals surface area (Å²) in [5.41, 5.74) is 7.41. The summed E-state index contributed by atoms with van der Waals surface area (Å²) in [7, 11) is 1.32. The SMILES string of the molecule is COC(=O)c1cccc(NC(=O)C(C)C(C)N)c1C. The molecule has 0 spiro atoms. The van der Waals surface area contributed by atoms with Gasteiger partial charge in [-0.2, -0.15) is 0 Å². The highest BCUT2D eigenvalue weighted by molar-refractivity contribution is 5.97. The molecular weight excluding hydrogens is 244 g/mol. The Morgan fingerprint density at radius 1 is 1.32 bits per heavy atom. The average molecular weight is 264 g/mol. The van der Waals surface area contributed by atoms with Gasteiger partial charge in [0.25, 0.3) is 0 Å². The monoisotopic (exact) mass is 264 g/mol. The zero-order chi connectivity index (χ0) is 14.6. The first-order valence-electron chi connectivity index (χ1n) is 6.12. The van der Waals surface area contributed by atoms with Crippen LogP contribution in [-0.4, -0.2) is 25.0 Å². The van der Waals surface area contributed by atoms with E-state index in [1.807, 2.05) is 0 Å². The number of benzene rings is 1. The molecule has 19 heavy (non-hydrogen) atoms. The molecule has 2 unspecified atom stereocenters. The summed E-state index contributed by atoms with van der Waals surface area (Å²) >= 11 is 0. The molecule has 5 nitrogen and oxygen atoms in total. The second kappa shape index (κ2) is 6.33. The van der Waals surface area contributed by atoms with Gasteiger partial charge in [0.2, 0.25) is 5.91 Å². The van der Waals surface area contributed by atoms with Gasteiger partial charge in [-0.1, -0.05) is 13.0 Å². The van der Waals surface area contributed by atoms with Gasteiger partial charge in [0.15, 0.2) is 0 Å². The lowest BCUT2D eigenvalue weighted by atomic mass is 10.0. The van der Waals surface area contributed by atoms with Crippen LogP contribution in [0, 0.1) is 12.8 Å². The van der Waals surface area contributed by atoms with Crippen LogP contribution in [0.3, 0.4) is 0 Å². The van der Waals surface area contributed by atoms with Crippen LogP contribution in [-0.2, 0) is 9.53 Å². The van der Waals surface area contributed by atoms with Crippen molar-refractivity contribution >= 4 is 17.6 Å². The predicted octanol–water partition coefficient (Wildman–Crippen LogP) is 1.70. The molecule has 1 aromatic carbocycles. The molecule has 1 amide bonds. The van der Waals surface area contributed by atoms with E-state index in [-0.39, 0.29) is 17.9 Å². The van der Waals surface area contributed by atoms with Crippen LogP contribution in [0.15, 0.2) is 18.2 Å². The zero-order valence-corrected chi connectivity index (χ0v) is 11.7. The molecule has 0 radical (unpaired) electrons. The number of carbonyl (C=O) groups excluding carboxylic acids is 2. The normalized spacial score (nSPS) is 13.5. The molecule has 0 aliphatic rings. The Balaban J connectivity index is 2.97. The van der Waals surface area contributed by atoms with Crippen molar-refractivity contribution in [2.75, 3.05) is 12.4 Å². The number of rotatable bonds is 4.